The first-order valence-electron chi connectivity index (χ1n) is 9.21. The number of hydrogen-bond donors (Lipinski definition) is 1. The highest BCUT2D eigenvalue weighted by Gasteiger charge is 2.18. The van der Waals surface area contributed by atoms with Crippen LogP contribution in [0.2, 0.25) is 5.02 Å². The third-order valence-electron chi connectivity index (χ3n) is 4.34. The number of amides is 2. The van der Waals surface area contributed by atoms with E-state index in [1.54, 1.807) is 43.4 Å². The van der Waals surface area contributed by atoms with E-state index < -0.39 is 11.7 Å². The highest BCUT2D eigenvalue weighted by atomic mass is 35.5. The second kappa shape index (κ2) is 9.89. The van der Waals surface area contributed by atoms with Crippen LogP contribution in [-0.2, 0) is 11.3 Å². The summed E-state index contributed by atoms with van der Waals surface area (Å²) in [6.07, 6.45) is 0. The maximum absolute atomic E-state index is 13.7. The van der Waals surface area contributed by atoms with Gasteiger partial charge in [0.05, 0.1) is 11.3 Å². The minimum absolute atomic E-state index is 0.0648. The van der Waals surface area contributed by atoms with Crippen LogP contribution in [0.4, 0.5) is 10.1 Å². The highest BCUT2D eigenvalue weighted by Crippen LogP contribution is 2.22. The zero-order valence-electron chi connectivity index (χ0n) is 16.3. The van der Waals surface area contributed by atoms with E-state index in [2.05, 4.69) is 5.32 Å². The predicted octanol–water partition coefficient (Wildman–Crippen LogP) is 4.77. The number of carbonyl (C=O) groups is 2. The third-order valence-corrected chi connectivity index (χ3v) is 4.70. The van der Waals surface area contributed by atoms with Crippen LogP contribution in [-0.4, -0.2) is 30.4 Å². The van der Waals surface area contributed by atoms with Gasteiger partial charge in [0, 0.05) is 18.6 Å². The average molecular weight is 427 g/mol. The largest absolute Gasteiger partial charge is 0.483 e. The molecule has 0 aromatic heterocycles. The summed E-state index contributed by atoms with van der Waals surface area (Å²) < 4.78 is 19.2. The van der Waals surface area contributed by atoms with Crippen LogP contribution in [0.25, 0.3) is 0 Å². The summed E-state index contributed by atoms with van der Waals surface area (Å²) in [7, 11) is 1.66. The van der Waals surface area contributed by atoms with E-state index in [1.165, 1.54) is 23.1 Å². The number of benzene rings is 3. The Hall–Kier alpha value is -3.38. The van der Waals surface area contributed by atoms with Crippen molar-refractivity contribution in [2.45, 2.75) is 6.54 Å². The van der Waals surface area contributed by atoms with Crippen molar-refractivity contribution in [2.75, 3.05) is 19.0 Å². The van der Waals surface area contributed by atoms with Gasteiger partial charge in [-0.1, -0.05) is 54.1 Å². The molecule has 154 valence electrons. The van der Waals surface area contributed by atoms with Crippen molar-refractivity contribution in [2.24, 2.45) is 0 Å². The molecule has 0 fully saturated rings. The first-order chi connectivity index (χ1) is 14.5. The van der Waals surface area contributed by atoms with Gasteiger partial charge >= 0.3 is 0 Å². The third kappa shape index (κ3) is 5.36. The molecule has 3 rings (SSSR count). The normalized spacial score (nSPS) is 10.4. The molecule has 0 radical (unpaired) electrons. The minimum Gasteiger partial charge on any atom is -0.483 e. The number of hydrogen-bond acceptors (Lipinski definition) is 3. The van der Waals surface area contributed by atoms with Crippen LogP contribution in [0.5, 0.6) is 5.75 Å². The first-order valence-corrected chi connectivity index (χ1v) is 9.58. The fourth-order valence-corrected chi connectivity index (χ4v) is 3.02. The van der Waals surface area contributed by atoms with E-state index in [0.717, 1.165) is 5.56 Å². The van der Waals surface area contributed by atoms with Gasteiger partial charge in [0.25, 0.3) is 11.8 Å². The number of ether oxygens (including phenoxy) is 1. The van der Waals surface area contributed by atoms with Gasteiger partial charge in [-0.15, -0.1) is 0 Å². The van der Waals surface area contributed by atoms with E-state index >= 15 is 0 Å². The summed E-state index contributed by atoms with van der Waals surface area (Å²) in [6.45, 7) is -0.0481. The molecule has 0 aliphatic heterocycles. The molecule has 0 heterocycles. The molecule has 3 aromatic rings. The number of para-hydroxylation sites is 2. The van der Waals surface area contributed by atoms with E-state index in [4.69, 9.17) is 16.3 Å². The van der Waals surface area contributed by atoms with Crippen LogP contribution >= 0.6 is 11.6 Å². The molecule has 0 spiro atoms. The van der Waals surface area contributed by atoms with Gasteiger partial charge < -0.3 is 15.0 Å². The molecule has 0 bridgehead atoms. The molecule has 7 heteroatoms. The molecule has 0 aliphatic carbocycles. The lowest BCUT2D eigenvalue weighted by Crippen LogP contribution is -2.27. The van der Waals surface area contributed by atoms with Crippen LogP contribution < -0.4 is 10.1 Å². The van der Waals surface area contributed by atoms with Gasteiger partial charge in [-0.2, -0.15) is 0 Å². The van der Waals surface area contributed by atoms with E-state index in [-0.39, 0.29) is 24.0 Å². The summed E-state index contributed by atoms with van der Waals surface area (Å²) in [5.41, 5.74) is 1.19. The van der Waals surface area contributed by atoms with Crippen LogP contribution in [0.1, 0.15) is 15.9 Å². The molecule has 0 saturated heterocycles. The Kier molecular flexibility index (Phi) is 7.03. The van der Waals surface area contributed by atoms with E-state index in [0.29, 0.717) is 17.1 Å². The van der Waals surface area contributed by atoms with Crippen molar-refractivity contribution in [3.8, 4) is 5.75 Å². The Balaban J connectivity index is 1.66. The number of anilines is 1. The van der Waals surface area contributed by atoms with E-state index in [9.17, 15) is 14.0 Å². The van der Waals surface area contributed by atoms with E-state index in [1.807, 2.05) is 18.2 Å². The van der Waals surface area contributed by atoms with Crippen molar-refractivity contribution in [3.05, 3.63) is 94.8 Å². The van der Waals surface area contributed by atoms with Gasteiger partial charge in [0.1, 0.15) is 11.6 Å². The molecule has 0 unspecified atom stereocenters. The fourth-order valence-electron chi connectivity index (χ4n) is 2.82. The van der Waals surface area contributed by atoms with Crippen molar-refractivity contribution in [1.29, 1.82) is 0 Å². The highest BCUT2D eigenvalue weighted by molar-refractivity contribution is 6.31. The predicted molar refractivity (Wildman–Crippen MR) is 114 cm³/mol. The van der Waals surface area contributed by atoms with Gasteiger partial charge in [0.15, 0.2) is 6.61 Å². The molecular formula is C23H20ClFN2O3. The van der Waals surface area contributed by atoms with Gasteiger partial charge in [0.2, 0.25) is 0 Å². The van der Waals surface area contributed by atoms with Gasteiger partial charge in [-0.3, -0.25) is 9.59 Å². The first kappa shape index (κ1) is 21.3. The van der Waals surface area contributed by atoms with Gasteiger partial charge in [-0.05, 0) is 35.9 Å². The Bertz CT molecular complexity index is 1060. The second-order valence-corrected chi connectivity index (χ2v) is 6.97. The second-order valence-electron chi connectivity index (χ2n) is 6.57. The lowest BCUT2D eigenvalue weighted by atomic mass is 10.1. The zero-order chi connectivity index (χ0) is 21.5. The van der Waals surface area contributed by atoms with Crippen LogP contribution in [0.3, 0.4) is 0 Å². The fraction of sp³-hybridized carbons (Fsp3) is 0.130. The summed E-state index contributed by atoms with van der Waals surface area (Å²) in [5, 5.41) is 3.02. The lowest BCUT2D eigenvalue weighted by Gasteiger charge is -2.20. The lowest BCUT2D eigenvalue weighted by molar-refractivity contribution is -0.118. The standard InChI is InChI=1S/C23H20ClFN2O3/c1-27(14-16-8-2-4-10-18(16)24)23(29)17-9-3-7-13-21(17)30-15-22(28)26-20-12-6-5-11-19(20)25/h2-13H,14-15H2,1H3,(H,26,28). The molecule has 0 saturated carbocycles. The van der Waals surface area contributed by atoms with Crippen molar-refractivity contribution >= 4 is 29.1 Å². The van der Waals surface area contributed by atoms with Crippen molar-refractivity contribution < 1.29 is 18.7 Å². The zero-order valence-corrected chi connectivity index (χ0v) is 17.0. The number of nitrogens with zero attached hydrogens (tertiary/aromatic N) is 1. The molecule has 0 aliphatic rings. The minimum atomic E-state index is -0.539. The Morgan fingerprint density at radius 1 is 1.00 bits per heavy atom. The molecule has 0 atom stereocenters. The number of halogens is 2. The molecule has 1 N–H and O–H groups in total. The molecular weight excluding hydrogens is 407 g/mol. The molecule has 3 aromatic carbocycles. The maximum atomic E-state index is 13.7. The van der Waals surface area contributed by atoms with Crippen LogP contribution in [0.15, 0.2) is 72.8 Å². The SMILES string of the molecule is CN(Cc1ccccc1Cl)C(=O)c1ccccc1OCC(=O)Nc1ccccc1F. The Morgan fingerprint density at radius 3 is 2.43 bits per heavy atom. The summed E-state index contributed by atoms with van der Waals surface area (Å²) >= 11 is 6.18. The van der Waals surface area contributed by atoms with Gasteiger partial charge in [-0.25, -0.2) is 4.39 Å². The molecule has 30 heavy (non-hydrogen) atoms. The summed E-state index contributed by atoms with van der Waals surface area (Å²) in [5.74, 6) is -1.09. The quantitative estimate of drug-likeness (QED) is 0.592. The smallest absolute Gasteiger partial charge is 0.262 e. The van der Waals surface area contributed by atoms with Crippen LogP contribution in [0, 0.1) is 5.82 Å². The monoisotopic (exact) mass is 426 g/mol. The van der Waals surface area contributed by atoms with Crippen molar-refractivity contribution in [3.63, 3.8) is 0 Å². The summed E-state index contributed by atoms with van der Waals surface area (Å²) in [6, 6.07) is 19.8. The summed E-state index contributed by atoms with van der Waals surface area (Å²) in [4.78, 5) is 26.5. The van der Waals surface area contributed by atoms with Crippen molar-refractivity contribution in [1.82, 2.24) is 4.90 Å². The number of rotatable bonds is 7. The maximum Gasteiger partial charge on any atom is 0.262 e. The molecule has 5 nitrogen and oxygen atoms in total. The molecule has 2 amide bonds. The number of nitrogens with one attached hydrogen (secondary N) is 1. The average Bonchev–Trinajstić information content (AvgIpc) is 2.75. The Morgan fingerprint density at radius 2 is 1.67 bits per heavy atom. The Labute approximate surface area is 179 Å². The number of carbonyl (C=O) groups excluding carboxylic acids is 2. The topological polar surface area (TPSA) is 58.6 Å².